The summed E-state index contributed by atoms with van der Waals surface area (Å²) >= 11 is 9.09. The van der Waals surface area contributed by atoms with Gasteiger partial charge in [-0.05, 0) is 24.1 Å². The maximum Gasteiger partial charge on any atom is 0.245 e. The first-order valence-electron chi connectivity index (χ1n) is 7.36. The zero-order chi connectivity index (χ0) is 17.1. The SMILES string of the molecule is Cc1ccc(Cc2cnc(NC(=O)CN3CSCC3=O)s2)cc1Cl. The Hall–Kier alpha value is -1.57. The van der Waals surface area contributed by atoms with Gasteiger partial charge >= 0.3 is 0 Å². The second-order valence-electron chi connectivity index (χ2n) is 5.51. The van der Waals surface area contributed by atoms with Crippen molar-refractivity contribution in [2.75, 3.05) is 23.5 Å². The first-order chi connectivity index (χ1) is 11.5. The molecule has 1 fully saturated rings. The second-order valence-corrected chi connectivity index (χ2v) is 7.99. The van der Waals surface area contributed by atoms with E-state index in [1.807, 2.05) is 25.1 Å². The Morgan fingerprint density at radius 1 is 1.46 bits per heavy atom. The van der Waals surface area contributed by atoms with Crippen molar-refractivity contribution in [1.82, 2.24) is 9.88 Å². The number of thiazole rings is 1. The number of carbonyl (C=O) groups is 2. The van der Waals surface area contributed by atoms with Crippen LogP contribution in [0.15, 0.2) is 24.4 Å². The summed E-state index contributed by atoms with van der Waals surface area (Å²) in [5, 5.41) is 4.05. The summed E-state index contributed by atoms with van der Waals surface area (Å²) in [6.07, 6.45) is 2.47. The number of nitrogens with one attached hydrogen (secondary N) is 1. The van der Waals surface area contributed by atoms with E-state index >= 15 is 0 Å². The first-order valence-corrected chi connectivity index (χ1v) is 9.71. The first kappa shape index (κ1) is 17.3. The van der Waals surface area contributed by atoms with Gasteiger partial charge < -0.3 is 10.2 Å². The van der Waals surface area contributed by atoms with Gasteiger partial charge in [0.05, 0.1) is 11.6 Å². The monoisotopic (exact) mass is 381 g/mol. The Morgan fingerprint density at radius 2 is 2.29 bits per heavy atom. The second kappa shape index (κ2) is 7.55. The van der Waals surface area contributed by atoms with Crippen LogP contribution < -0.4 is 5.32 Å². The van der Waals surface area contributed by atoms with Crippen LogP contribution >= 0.6 is 34.7 Å². The third kappa shape index (κ3) is 4.28. The molecule has 5 nitrogen and oxygen atoms in total. The highest BCUT2D eigenvalue weighted by Gasteiger charge is 2.23. The van der Waals surface area contributed by atoms with Gasteiger partial charge in [-0.1, -0.05) is 23.7 Å². The fourth-order valence-electron chi connectivity index (χ4n) is 2.27. The Bertz CT molecular complexity index is 778. The molecule has 24 heavy (non-hydrogen) atoms. The molecule has 0 radical (unpaired) electrons. The quantitative estimate of drug-likeness (QED) is 0.864. The minimum absolute atomic E-state index is 0.00577. The predicted octanol–water partition coefficient (Wildman–Crippen LogP) is 3.17. The van der Waals surface area contributed by atoms with Crippen LogP contribution in [0.1, 0.15) is 16.0 Å². The van der Waals surface area contributed by atoms with Crippen LogP contribution in [-0.2, 0) is 16.0 Å². The Kier molecular flexibility index (Phi) is 5.43. The molecule has 0 spiro atoms. The number of benzene rings is 1. The molecular formula is C16H16ClN3O2S2. The molecule has 2 aromatic rings. The largest absolute Gasteiger partial charge is 0.323 e. The lowest BCUT2D eigenvalue weighted by atomic mass is 10.1. The number of rotatable bonds is 5. The van der Waals surface area contributed by atoms with E-state index in [1.165, 1.54) is 23.1 Å². The van der Waals surface area contributed by atoms with Gasteiger partial charge in [-0.15, -0.1) is 23.1 Å². The molecule has 1 aromatic heterocycles. The van der Waals surface area contributed by atoms with Gasteiger partial charge in [0.1, 0.15) is 6.54 Å². The summed E-state index contributed by atoms with van der Waals surface area (Å²) in [4.78, 5) is 30.3. The van der Waals surface area contributed by atoms with Gasteiger partial charge in [-0.25, -0.2) is 4.98 Å². The number of nitrogens with zero attached hydrogens (tertiary/aromatic N) is 2. The van der Waals surface area contributed by atoms with Crippen LogP contribution in [0.4, 0.5) is 5.13 Å². The molecule has 8 heteroatoms. The van der Waals surface area contributed by atoms with Crippen LogP contribution in [0.25, 0.3) is 0 Å². The molecule has 1 aliphatic rings. The zero-order valence-electron chi connectivity index (χ0n) is 13.0. The summed E-state index contributed by atoms with van der Waals surface area (Å²) in [5.74, 6) is 0.813. The molecule has 0 aliphatic carbocycles. The zero-order valence-corrected chi connectivity index (χ0v) is 15.4. The summed E-state index contributed by atoms with van der Waals surface area (Å²) in [7, 11) is 0. The van der Waals surface area contributed by atoms with E-state index in [4.69, 9.17) is 11.6 Å². The van der Waals surface area contributed by atoms with Crippen LogP contribution in [-0.4, -0.2) is 39.9 Å². The fraction of sp³-hybridized carbons (Fsp3) is 0.312. The molecule has 0 atom stereocenters. The van der Waals surface area contributed by atoms with Crippen molar-refractivity contribution in [3.8, 4) is 0 Å². The van der Waals surface area contributed by atoms with Crippen molar-refractivity contribution < 1.29 is 9.59 Å². The summed E-state index contributed by atoms with van der Waals surface area (Å²) in [5.41, 5.74) is 2.15. The molecule has 0 saturated carbocycles. The Morgan fingerprint density at radius 3 is 3.00 bits per heavy atom. The molecule has 3 rings (SSSR count). The number of hydrogen-bond acceptors (Lipinski definition) is 5. The molecule has 126 valence electrons. The van der Waals surface area contributed by atoms with Crippen LogP contribution in [0.2, 0.25) is 5.02 Å². The molecule has 1 saturated heterocycles. The van der Waals surface area contributed by atoms with Crippen LogP contribution in [0.3, 0.4) is 0 Å². The molecule has 1 aliphatic heterocycles. The van der Waals surface area contributed by atoms with Gasteiger partial charge in [0, 0.05) is 22.5 Å². The van der Waals surface area contributed by atoms with Gasteiger partial charge in [0.2, 0.25) is 11.8 Å². The van der Waals surface area contributed by atoms with Crippen molar-refractivity contribution in [3.05, 3.63) is 45.4 Å². The Balaban J connectivity index is 1.57. The lowest BCUT2D eigenvalue weighted by Crippen LogP contribution is -2.34. The van der Waals surface area contributed by atoms with E-state index in [0.717, 1.165) is 27.4 Å². The molecule has 1 aromatic carbocycles. The predicted molar refractivity (Wildman–Crippen MR) is 98.8 cm³/mol. The maximum absolute atomic E-state index is 12.0. The van der Waals surface area contributed by atoms with Crippen molar-refractivity contribution in [2.45, 2.75) is 13.3 Å². The van der Waals surface area contributed by atoms with E-state index in [9.17, 15) is 9.59 Å². The number of carbonyl (C=O) groups excluding carboxylic acids is 2. The lowest BCUT2D eigenvalue weighted by Gasteiger charge is -2.12. The number of anilines is 1. The molecular weight excluding hydrogens is 366 g/mol. The molecule has 2 heterocycles. The minimum Gasteiger partial charge on any atom is -0.323 e. The van der Waals surface area contributed by atoms with Crippen LogP contribution in [0.5, 0.6) is 0 Å². The number of aromatic nitrogens is 1. The summed E-state index contributed by atoms with van der Waals surface area (Å²) in [6, 6.07) is 5.98. The maximum atomic E-state index is 12.0. The average Bonchev–Trinajstić information content (AvgIpc) is 3.13. The number of halogens is 1. The lowest BCUT2D eigenvalue weighted by molar-refractivity contribution is -0.130. The van der Waals surface area contributed by atoms with Crippen molar-refractivity contribution in [1.29, 1.82) is 0 Å². The van der Waals surface area contributed by atoms with Crippen molar-refractivity contribution in [2.24, 2.45) is 0 Å². The summed E-state index contributed by atoms with van der Waals surface area (Å²) in [6.45, 7) is 2.05. The van der Waals surface area contributed by atoms with E-state index in [-0.39, 0.29) is 18.4 Å². The highest BCUT2D eigenvalue weighted by Crippen LogP contribution is 2.24. The number of aryl methyl sites for hydroxylation is 1. The van der Waals surface area contributed by atoms with E-state index in [1.54, 1.807) is 11.1 Å². The standard InChI is InChI=1S/C16H16ClN3O2S2/c1-10-2-3-11(5-13(10)17)4-12-6-18-16(24-12)19-14(21)7-20-9-23-8-15(20)22/h2-3,5-6H,4,7-9H2,1H3,(H,18,19,21). The van der Waals surface area contributed by atoms with E-state index in [0.29, 0.717) is 16.8 Å². The van der Waals surface area contributed by atoms with E-state index < -0.39 is 0 Å². The fourth-order valence-corrected chi connectivity index (χ4v) is 4.24. The van der Waals surface area contributed by atoms with E-state index in [2.05, 4.69) is 10.3 Å². The van der Waals surface area contributed by atoms with Gasteiger partial charge in [0.25, 0.3) is 0 Å². The van der Waals surface area contributed by atoms with Crippen molar-refractivity contribution in [3.63, 3.8) is 0 Å². The molecule has 0 bridgehead atoms. The van der Waals surface area contributed by atoms with Crippen molar-refractivity contribution >= 4 is 51.6 Å². The highest BCUT2D eigenvalue weighted by molar-refractivity contribution is 8.00. The number of amides is 2. The van der Waals surface area contributed by atoms with Gasteiger partial charge in [-0.3, -0.25) is 9.59 Å². The highest BCUT2D eigenvalue weighted by atomic mass is 35.5. The Labute approximate surface area is 153 Å². The van der Waals surface area contributed by atoms with Crippen LogP contribution in [0, 0.1) is 6.92 Å². The normalized spacial score (nSPS) is 14.2. The molecule has 1 N–H and O–H groups in total. The number of hydrogen-bond donors (Lipinski definition) is 1. The third-order valence-electron chi connectivity index (χ3n) is 3.57. The van der Waals surface area contributed by atoms with Gasteiger partial charge in [-0.2, -0.15) is 0 Å². The number of thioether (sulfide) groups is 1. The topological polar surface area (TPSA) is 62.3 Å². The molecule has 0 unspecified atom stereocenters. The smallest absolute Gasteiger partial charge is 0.245 e. The van der Waals surface area contributed by atoms with Gasteiger partial charge in [0.15, 0.2) is 5.13 Å². The molecule has 2 amide bonds. The summed E-state index contributed by atoms with van der Waals surface area (Å²) < 4.78 is 0. The average molecular weight is 382 g/mol. The minimum atomic E-state index is -0.217. The third-order valence-corrected chi connectivity index (χ3v) is 5.84.